The Bertz CT molecular complexity index is 126. The highest BCUT2D eigenvalue weighted by atomic mass is 16.5. The summed E-state index contributed by atoms with van der Waals surface area (Å²) in [6, 6.07) is 0. The van der Waals surface area contributed by atoms with Gasteiger partial charge in [0.1, 0.15) is 25.4 Å². The Labute approximate surface area is 46.8 Å². The zero-order valence-corrected chi connectivity index (χ0v) is 4.20. The fourth-order valence-electron chi connectivity index (χ4n) is 0.365. The van der Waals surface area contributed by atoms with E-state index in [1.165, 1.54) is 18.8 Å². The fraction of sp³-hybridized carbons (Fsp3) is 0.200. The molecular weight excluding hydrogens is 108 g/mol. The zero-order chi connectivity index (χ0) is 5.82. The molecule has 0 radical (unpaired) electrons. The molecule has 0 saturated carbocycles. The molecule has 0 spiro atoms. The second-order valence-corrected chi connectivity index (χ2v) is 1.27. The van der Waals surface area contributed by atoms with E-state index in [0.29, 0.717) is 5.76 Å². The minimum Gasteiger partial charge on any atom is -0.466 e. The summed E-state index contributed by atoms with van der Waals surface area (Å²) in [5.74, 6) is 0.424. The Balaban J connectivity index is 2.43. The maximum Gasteiger partial charge on any atom is 0.164 e. The largest absolute Gasteiger partial charge is 0.466 e. The van der Waals surface area contributed by atoms with Crippen molar-refractivity contribution in [2.24, 2.45) is 0 Å². The first-order chi connectivity index (χ1) is 3.93. The molecule has 1 aliphatic rings. The molecule has 1 heterocycles. The summed E-state index contributed by atoms with van der Waals surface area (Å²) in [5.41, 5.74) is 0. The third-order valence-electron chi connectivity index (χ3n) is 0.709. The minimum absolute atomic E-state index is 0.121. The quantitative estimate of drug-likeness (QED) is 0.534. The molecule has 1 rings (SSSR count). The summed E-state index contributed by atoms with van der Waals surface area (Å²) < 4.78 is 9.38. The Morgan fingerprint density at radius 3 is 2.75 bits per heavy atom. The molecule has 0 unspecified atom stereocenters. The molecule has 0 aromatic heterocycles. The normalized spacial score (nSPS) is 16.4. The van der Waals surface area contributed by atoms with Crippen molar-refractivity contribution in [2.45, 2.75) is 0 Å². The van der Waals surface area contributed by atoms with Crippen LogP contribution in [0.2, 0.25) is 0 Å². The molecule has 0 fully saturated rings. The van der Waals surface area contributed by atoms with E-state index in [2.05, 4.69) is 4.74 Å². The van der Waals surface area contributed by atoms with Crippen LogP contribution < -0.4 is 0 Å². The van der Waals surface area contributed by atoms with E-state index in [1.54, 1.807) is 0 Å². The Hall–Kier alpha value is -0.960. The molecule has 1 aliphatic heterocycles. The number of hydrogen-bond donors (Lipinski definition) is 1. The Morgan fingerprint density at radius 2 is 2.38 bits per heavy atom. The van der Waals surface area contributed by atoms with Gasteiger partial charge in [-0.15, -0.1) is 0 Å². The number of rotatable bonds is 1. The lowest BCUT2D eigenvalue weighted by atomic mass is 10.6. The summed E-state index contributed by atoms with van der Waals surface area (Å²) in [6.45, 7) is -0.121. The number of aliphatic hydroxyl groups excluding tert-OH is 1. The summed E-state index contributed by atoms with van der Waals surface area (Å²) in [4.78, 5) is 0. The van der Waals surface area contributed by atoms with Gasteiger partial charge in [-0.3, -0.25) is 0 Å². The standard InChI is InChI=1S/C5H6O3/c6-3-5-4-7-1-2-8-5/h1-2,4,6H,3H2. The van der Waals surface area contributed by atoms with Crippen LogP contribution in [0.25, 0.3) is 0 Å². The SMILES string of the molecule is OCC1=COC=CO1. The van der Waals surface area contributed by atoms with Gasteiger partial charge in [-0.1, -0.05) is 0 Å². The van der Waals surface area contributed by atoms with Gasteiger partial charge in [0.05, 0.1) is 0 Å². The van der Waals surface area contributed by atoms with E-state index in [-0.39, 0.29) is 6.61 Å². The predicted octanol–water partition coefficient (Wildman–Crippen LogP) is 0.338. The van der Waals surface area contributed by atoms with Crippen LogP contribution in [0.4, 0.5) is 0 Å². The third kappa shape index (κ3) is 1.01. The van der Waals surface area contributed by atoms with E-state index in [9.17, 15) is 0 Å². The molecule has 44 valence electrons. The first-order valence-electron chi connectivity index (χ1n) is 2.20. The Morgan fingerprint density at radius 1 is 1.50 bits per heavy atom. The molecule has 0 saturated heterocycles. The van der Waals surface area contributed by atoms with E-state index in [0.717, 1.165) is 0 Å². The van der Waals surface area contributed by atoms with Gasteiger partial charge in [-0.25, -0.2) is 0 Å². The third-order valence-corrected chi connectivity index (χ3v) is 0.709. The van der Waals surface area contributed by atoms with Gasteiger partial charge in [0.15, 0.2) is 5.76 Å². The summed E-state index contributed by atoms with van der Waals surface area (Å²) in [6.07, 6.45) is 4.10. The number of hydrogen-bond acceptors (Lipinski definition) is 3. The van der Waals surface area contributed by atoms with Crippen LogP contribution in [-0.4, -0.2) is 11.7 Å². The van der Waals surface area contributed by atoms with Gasteiger partial charge in [0.2, 0.25) is 0 Å². The van der Waals surface area contributed by atoms with Crippen molar-refractivity contribution >= 4 is 0 Å². The van der Waals surface area contributed by atoms with E-state index >= 15 is 0 Å². The van der Waals surface area contributed by atoms with Crippen LogP contribution in [0.5, 0.6) is 0 Å². The van der Waals surface area contributed by atoms with Crippen molar-refractivity contribution in [3.63, 3.8) is 0 Å². The highest BCUT2D eigenvalue weighted by Crippen LogP contribution is 2.02. The molecule has 0 atom stereocenters. The molecular formula is C5H6O3. The van der Waals surface area contributed by atoms with Crippen LogP contribution in [-0.2, 0) is 9.47 Å². The van der Waals surface area contributed by atoms with Crippen LogP contribution in [0.15, 0.2) is 24.5 Å². The average molecular weight is 114 g/mol. The van der Waals surface area contributed by atoms with Crippen molar-refractivity contribution in [1.29, 1.82) is 0 Å². The van der Waals surface area contributed by atoms with Crippen molar-refractivity contribution in [3.8, 4) is 0 Å². The summed E-state index contributed by atoms with van der Waals surface area (Å²) in [5, 5.41) is 8.38. The second kappa shape index (κ2) is 2.37. The highest BCUT2D eigenvalue weighted by Gasteiger charge is 1.95. The van der Waals surface area contributed by atoms with Gasteiger partial charge in [0.25, 0.3) is 0 Å². The molecule has 1 N–H and O–H groups in total. The topological polar surface area (TPSA) is 38.7 Å². The van der Waals surface area contributed by atoms with Gasteiger partial charge in [0, 0.05) is 0 Å². The maximum absolute atomic E-state index is 8.38. The molecule has 0 aliphatic carbocycles. The molecule has 3 nitrogen and oxygen atoms in total. The first kappa shape index (κ1) is 5.18. The smallest absolute Gasteiger partial charge is 0.164 e. The van der Waals surface area contributed by atoms with Crippen molar-refractivity contribution in [3.05, 3.63) is 24.5 Å². The predicted molar refractivity (Wildman–Crippen MR) is 26.5 cm³/mol. The van der Waals surface area contributed by atoms with Gasteiger partial charge in [-0.05, 0) is 0 Å². The summed E-state index contributed by atoms with van der Waals surface area (Å²) >= 11 is 0. The van der Waals surface area contributed by atoms with E-state index in [1.807, 2.05) is 0 Å². The van der Waals surface area contributed by atoms with Gasteiger partial charge < -0.3 is 14.6 Å². The van der Waals surface area contributed by atoms with Crippen molar-refractivity contribution in [2.75, 3.05) is 6.61 Å². The zero-order valence-electron chi connectivity index (χ0n) is 4.20. The van der Waals surface area contributed by atoms with Crippen LogP contribution in [0, 0.1) is 0 Å². The minimum atomic E-state index is -0.121. The van der Waals surface area contributed by atoms with Crippen LogP contribution >= 0.6 is 0 Å². The first-order valence-corrected chi connectivity index (χ1v) is 2.20. The molecule has 0 aromatic rings. The lowest BCUT2D eigenvalue weighted by Crippen LogP contribution is -1.95. The maximum atomic E-state index is 8.38. The molecule has 3 heteroatoms. The monoisotopic (exact) mass is 114 g/mol. The lowest BCUT2D eigenvalue weighted by Gasteiger charge is -2.05. The van der Waals surface area contributed by atoms with E-state index in [4.69, 9.17) is 9.84 Å². The van der Waals surface area contributed by atoms with Crippen molar-refractivity contribution in [1.82, 2.24) is 0 Å². The van der Waals surface area contributed by atoms with Crippen LogP contribution in [0.1, 0.15) is 0 Å². The molecule has 8 heavy (non-hydrogen) atoms. The second-order valence-electron chi connectivity index (χ2n) is 1.27. The van der Waals surface area contributed by atoms with Crippen molar-refractivity contribution < 1.29 is 14.6 Å². The highest BCUT2D eigenvalue weighted by molar-refractivity contribution is 4.93. The van der Waals surface area contributed by atoms with Crippen LogP contribution in [0.3, 0.4) is 0 Å². The van der Waals surface area contributed by atoms with E-state index < -0.39 is 0 Å². The van der Waals surface area contributed by atoms with Gasteiger partial charge >= 0.3 is 0 Å². The number of aliphatic hydroxyl groups is 1. The molecule has 0 bridgehead atoms. The number of ether oxygens (including phenoxy) is 2. The summed E-state index contributed by atoms with van der Waals surface area (Å²) in [7, 11) is 0. The molecule has 0 amide bonds. The Kier molecular flexibility index (Phi) is 1.54. The lowest BCUT2D eigenvalue weighted by molar-refractivity contribution is 0.194. The van der Waals surface area contributed by atoms with Gasteiger partial charge in [-0.2, -0.15) is 0 Å². The molecule has 0 aromatic carbocycles. The fourth-order valence-corrected chi connectivity index (χ4v) is 0.365. The average Bonchev–Trinajstić information content (AvgIpc) is 1.90.